The summed E-state index contributed by atoms with van der Waals surface area (Å²) in [7, 11) is 0. The molecule has 2 aliphatic rings. The van der Waals surface area contributed by atoms with Crippen LogP contribution in [-0.2, 0) is 14.3 Å². The number of allylic oxidation sites excluding steroid dienone is 2. The SMILES string of the molecule is CC(=O)/C=C/[C@@H]1[C@@H](C)C[C@H](O[C@@H]2O[C@H](CO)[C@@H](O)[C@H](O)[C@H]2O)CC1(C)C. The third-order valence-electron chi connectivity index (χ3n) is 5.62. The summed E-state index contributed by atoms with van der Waals surface area (Å²) < 4.78 is 11.4. The van der Waals surface area contributed by atoms with E-state index in [9.17, 15) is 25.2 Å². The lowest BCUT2D eigenvalue weighted by Crippen LogP contribution is -2.60. The number of hydrogen-bond donors (Lipinski definition) is 4. The van der Waals surface area contributed by atoms with Gasteiger partial charge in [-0.2, -0.15) is 0 Å². The summed E-state index contributed by atoms with van der Waals surface area (Å²) in [6.45, 7) is 7.37. The quantitative estimate of drug-likeness (QED) is 0.516. The van der Waals surface area contributed by atoms with Crippen molar-refractivity contribution in [1.82, 2.24) is 0 Å². The topological polar surface area (TPSA) is 116 Å². The molecule has 2 rings (SSSR count). The molecule has 0 aromatic carbocycles. The van der Waals surface area contributed by atoms with Gasteiger partial charge in [0.15, 0.2) is 12.1 Å². The highest BCUT2D eigenvalue weighted by molar-refractivity contribution is 5.87. The number of rotatable bonds is 5. The van der Waals surface area contributed by atoms with E-state index in [0.717, 1.165) is 0 Å². The van der Waals surface area contributed by atoms with Crippen LogP contribution in [0.25, 0.3) is 0 Å². The van der Waals surface area contributed by atoms with E-state index >= 15 is 0 Å². The van der Waals surface area contributed by atoms with E-state index in [0.29, 0.717) is 12.8 Å². The molecule has 0 spiro atoms. The number of carbonyl (C=O) groups excluding carboxylic acids is 1. The Morgan fingerprint density at radius 2 is 1.88 bits per heavy atom. The van der Waals surface area contributed by atoms with E-state index in [-0.39, 0.29) is 29.1 Å². The van der Waals surface area contributed by atoms with Gasteiger partial charge in [-0.05, 0) is 43.1 Å². The van der Waals surface area contributed by atoms with Crippen molar-refractivity contribution in [1.29, 1.82) is 0 Å². The van der Waals surface area contributed by atoms with E-state index in [4.69, 9.17) is 9.47 Å². The lowest BCUT2D eigenvalue weighted by atomic mass is 9.63. The van der Waals surface area contributed by atoms with Crippen molar-refractivity contribution in [2.75, 3.05) is 6.61 Å². The molecule has 1 aliphatic carbocycles. The van der Waals surface area contributed by atoms with Crippen LogP contribution in [-0.4, -0.2) is 69.6 Å². The number of aliphatic hydroxyl groups excluding tert-OH is 4. The molecule has 7 nitrogen and oxygen atoms in total. The average molecular weight is 372 g/mol. The Bertz CT molecular complexity index is 516. The first-order chi connectivity index (χ1) is 12.1. The Morgan fingerprint density at radius 1 is 1.23 bits per heavy atom. The summed E-state index contributed by atoms with van der Waals surface area (Å²) in [5.41, 5.74) is -0.123. The fraction of sp³-hybridized carbons (Fsp3) is 0.842. The standard InChI is InChI=1S/C19H32O7/c1-10-7-12(8-19(3,4)13(10)6-5-11(2)21)25-18-17(24)16(23)15(22)14(9-20)26-18/h5-6,10,12-18,20,22-24H,7-9H2,1-4H3/b6-5+/t10-,12-,13+,14+,15+,16-,17+,18+/m0/s1. The lowest BCUT2D eigenvalue weighted by Gasteiger charge is -2.47. The van der Waals surface area contributed by atoms with Gasteiger partial charge in [0.2, 0.25) is 0 Å². The van der Waals surface area contributed by atoms with E-state index in [1.165, 1.54) is 6.92 Å². The van der Waals surface area contributed by atoms with Crippen molar-refractivity contribution >= 4 is 5.78 Å². The zero-order valence-electron chi connectivity index (χ0n) is 15.9. The van der Waals surface area contributed by atoms with Gasteiger partial charge in [-0.1, -0.05) is 26.8 Å². The van der Waals surface area contributed by atoms with Gasteiger partial charge in [0.25, 0.3) is 0 Å². The largest absolute Gasteiger partial charge is 0.394 e. The highest BCUT2D eigenvalue weighted by Gasteiger charge is 2.47. The molecule has 0 radical (unpaired) electrons. The molecule has 1 saturated heterocycles. The summed E-state index contributed by atoms with van der Waals surface area (Å²) >= 11 is 0. The van der Waals surface area contributed by atoms with Gasteiger partial charge in [0, 0.05) is 0 Å². The minimum atomic E-state index is -1.44. The van der Waals surface area contributed by atoms with E-state index < -0.39 is 37.3 Å². The van der Waals surface area contributed by atoms with E-state index in [1.54, 1.807) is 6.08 Å². The maximum absolute atomic E-state index is 11.3. The predicted molar refractivity (Wildman–Crippen MR) is 94.1 cm³/mol. The number of ketones is 1. The molecule has 1 saturated carbocycles. The maximum Gasteiger partial charge on any atom is 0.186 e. The average Bonchev–Trinajstić information content (AvgIpc) is 2.53. The third-order valence-corrected chi connectivity index (χ3v) is 5.62. The van der Waals surface area contributed by atoms with Crippen LogP contribution in [0.3, 0.4) is 0 Å². The van der Waals surface area contributed by atoms with Crippen LogP contribution in [0.5, 0.6) is 0 Å². The summed E-state index contributed by atoms with van der Waals surface area (Å²) in [5, 5.41) is 39.2. The number of aliphatic hydroxyl groups is 4. The Kier molecular flexibility index (Phi) is 6.98. The number of ether oxygens (including phenoxy) is 2. The minimum Gasteiger partial charge on any atom is -0.394 e. The smallest absolute Gasteiger partial charge is 0.186 e. The summed E-state index contributed by atoms with van der Waals surface area (Å²) in [4.78, 5) is 11.3. The second-order valence-corrected chi connectivity index (χ2v) is 8.36. The molecule has 2 fully saturated rings. The minimum absolute atomic E-state index is 0.0210. The molecule has 8 atom stereocenters. The molecule has 4 N–H and O–H groups in total. The van der Waals surface area contributed by atoms with Crippen LogP contribution in [0.1, 0.15) is 40.5 Å². The summed E-state index contributed by atoms with van der Waals surface area (Å²) in [6.07, 6.45) is -1.51. The molecule has 0 aromatic heterocycles. The summed E-state index contributed by atoms with van der Waals surface area (Å²) in [5.74, 6) is 0.498. The maximum atomic E-state index is 11.3. The van der Waals surface area contributed by atoms with Gasteiger partial charge in [-0.25, -0.2) is 0 Å². The molecule has 0 aromatic rings. The van der Waals surface area contributed by atoms with E-state index in [1.807, 2.05) is 6.08 Å². The summed E-state index contributed by atoms with van der Waals surface area (Å²) in [6, 6.07) is 0. The molecular formula is C19H32O7. The molecule has 7 heteroatoms. The van der Waals surface area contributed by atoms with Crippen LogP contribution in [0, 0.1) is 17.3 Å². The van der Waals surface area contributed by atoms with Crippen LogP contribution in [0.15, 0.2) is 12.2 Å². The first-order valence-corrected chi connectivity index (χ1v) is 9.21. The highest BCUT2D eigenvalue weighted by Crippen LogP contribution is 2.46. The van der Waals surface area contributed by atoms with Gasteiger partial charge in [-0.15, -0.1) is 0 Å². The molecule has 26 heavy (non-hydrogen) atoms. The normalized spacial score (nSPS) is 43.5. The Balaban J connectivity index is 2.06. The molecule has 1 heterocycles. The highest BCUT2D eigenvalue weighted by atomic mass is 16.7. The van der Waals surface area contributed by atoms with Crippen molar-refractivity contribution in [2.24, 2.45) is 17.3 Å². The van der Waals surface area contributed by atoms with Crippen LogP contribution in [0.4, 0.5) is 0 Å². The van der Waals surface area contributed by atoms with Crippen LogP contribution in [0.2, 0.25) is 0 Å². The van der Waals surface area contributed by atoms with Gasteiger partial charge >= 0.3 is 0 Å². The van der Waals surface area contributed by atoms with Gasteiger partial charge < -0.3 is 29.9 Å². The number of hydrogen-bond acceptors (Lipinski definition) is 7. The second kappa shape index (κ2) is 8.46. The second-order valence-electron chi connectivity index (χ2n) is 8.36. The van der Waals surface area contributed by atoms with Crippen molar-refractivity contribution < 1.29 is 34.7 Å². The molecular weight excluding hydrogens is 340 g/mol. The van der Waals surface area contributed by atoms with Gasteiger partial charge in [-0.3, -0.25) is 4.79 Å². The fourth-order valence-electron chi connectivity index (χ4n) is 4.30. The molecule has 1 aliphatic heterocycles. The van der Waals surface area contributed by atoms with E-state index in [2.05, 4.69) is 20.8 Å². The zero-order valence-corrected chi connectivity index (χ0v) is 15.9. The van der Waals surface area contributed by atoms with Crippen molar-refractivity contribution in [2.45, 2.75) is 77.3 Å². The third kappa shape index (κ3) is 4.71. The monoisotopic (exact) mass is 372 g/mol. The van der Waals surface area contributed by atoms with Crippen molar-refractivity contribution in [3.05, 3.63) is 12.2 Å². The molecule has 0 unspecified atom stereocenters. The van der Waals surface area contributed by atoms with Gasteiger partial charge in [0.1, 0.15) is 24.4 Å². The van der Waals surface area contributed by atoms with Crippen LogP contribution < -0.4 is 0 Å². The number of carbonyl (C=O) groups is 1. The Labute approximate surface area is 154 Å². The van der Waals surface area contributed by atoms with Gasteiger partial charge in [0.05, 0.1) is 12.7 Å². The zero-order chi connectivity index (χ0) is 19.6. The van der Waals surface area contributed by atoms with Crippen molar-refractivity contribution in [3.63, 3.8) is 0 Å². The molecule has 0 bridgehead atoms. The molecule has 150 valence electrons. The Morgan fingerprint density at radius 3 is 2.42 bits per heavy atom. The molecule has 0 amide bonds. The Hall–Kier alpha value is -0.830. The first kappa shape index (κ1) is 21.5. The fourth-order valence-corrected chi connectivity index (χ4v) is 4.30. The lowest BCUT2D eigenvalue weighted by molar-refractivity contribution is -0.316. The van der Waals surface area contributed by atoms with Crippen molar-refractivity contribution in [3.8, 4) is 0 Å². The van der Waals surface area contributed by atoms with Crippen LogP contribution >= 0.6 is 0 Å². The first-order valence-electron chi connectivity index (χ1n) is 9.21. The predicted octanol–water partition coefficient (Wildman–Crippen LogP) is 0.389.